The molecule has 0 aromatic heterocycles. The molecule has 2 amide bonds. The number of amides is 2. The third kappa shape index (κ3) is 5.43. The molecule has 0 atom stereocenters. The van der Waals surface area contributed by atoms with Crippen LogP contribution in [0, 0.1) is 0 Å². The topological polar surface area (TPSA) is 38.8 Å². The number of nitrogens with one attached hydrogen (secondary N) is 1. The molecule has 1 N–H and O–H groups in total. The smallest absolute Gasteiger partial charge is 0.321 e. The highest BCUT2D eigenvalue weighted by atomic mass is 16.2. The zero-order valence-corrected chi connectivity index (χ0v) is 14.7. The Labute approximate surface area is 140 Å². The van der Waals surface area contributed by atoms with E-state index in [0.29, 0.717) is 0 Å². The Morgan fingerprint density at radius 1 is 1.09 bits per heavy atom. The van der Waals surface area contributed by atoms with Crippen molar-refractivity contribution in [2.75, 3.05) is 57.0 Å². The average molecular weight is 318 g/mol. The molecule has 0 spiro atoms. The van der Waals surface area contributed by atoms with Gasteiger partial charge in [0.05, 0.1) is 0 Å². The summed E-state index contributed by atoms with van der Waals surface area (Å²) < 4.78 is 0. The third-order valence-electron chi connectivity index (χ3n) is 4.37. The molecule has 1 aliphatic rings. The Morgan fingerprint density at radius 2 is 1.74 bits per heavy atom. The monoisotopic (exact) mass is 318 g/mol. The maximum Gasteiger partial charge on any atom is 0.321 e. The van der Waals surface area contributed by atoms with Crippen molar-refractivity contribution < 1.29 is 4.79 Å². The number of anilines is 2. The number of piperazine rings is 1. The van der Waals surface area contributed by atoms with Crippen LogP contribution < -0.4 is 10.2 Å². The van der Waals surface area contributed by atoms with Crippen LogP contribution in [0.5, 0.6) is 0 Å². The summed E-state index contributed by atoms with van der Waals surface area (Å²) in [6.45, 7) is 6.98. The molecular formula is C18H30N4O. The molecule has 128 valence electrons. The molecule has 1 heterocycles. The van der Waals surface area contributed by atoms with Crippen molar-refractivity contribution in [3.63, 3.8) is 0 Å². The van der Waals surface area contributed by atoms with Gasteiger partial charge in [-0.1, -0.05) is 19.8 Å². The van der Waals surface area contributed by atoms with Crippen LogP contribution >= 0.6 is 0 Å². The lowest BCUT2D eigenvalue weighted by atomic mass is 10.2. The van der Waals surface area contributed by atoms with Crippen LogP contribution in [-0.2, 0) is 0 Å². The van der Waals surface area contributed by atoms with E-state index in [1.807, 2.05) is 48.2 Å². The fraction of sp³-hybridized carbons (Fsp3) is 0.611. The standard InChI is InChI=1S/C18H30N4O/c1-4-5-6-11-21-12-14-22(15-13-21)18(23)19-16-7-9-17(10-8-16)20(2)3/h7-10H,4-6,11-15H2,1-3H3,(H,19,23). The van der Waals surface area contributed by atoms with Gasteiger partial charge in [0.25, 0.3) is 0 Å². The number of carbonyl (C=O) groups excluding carboxylic acids is 1. The van der Waals surface area contributed by atoms with E-state index < -0.39 is 0 Å². The molecule has 0 radical (unpaired) electrons. The minimum atomic E-state index is 0.0100. The van der Waals surface area contributed by atoms with Crippen molar-refractivity contribution in [3.8, 4) is 0 Å². The van der Waals surface area contributed by atoms with Crippen LogP contribution in [0.15, 0.2) is 24.3 Å². The van der Waals surface area contributed by atoms with Crippen molar-refractivity contribution in [2.45, 2.75) is 26.2 Å². The summed E-state index contributed by atoms with van der Waals surface area (Å²) in [4.78, 5) is 18.8. The zero-order valence-electron chi connectivity index (χ0n) is 14.7. The van der Waals surface area contributed by atoms with Crippen molar-refractivity contribution in [3.05, 3.63) is 24.3 Å². The summed E-state index contributed by atoms with van der Waals surface area (Å²) in [5.41, 5.74) is 1.98. The van der Waals surface area contributed by atoms with Crippen molar-refractivity contribution in [1.29, 1.82) is 0 Å². The highest BCUT2D eigenvalue weighted by Crippen LogP contribution is 2.16. The van der Waals surface area contributed by atoms with E-state index in [-0.39, 0.29) is 6.03 Å². The van der Waals surface area contributed by atoms with E-state index in [2.05, 4.69) is 17.1 Å². The molecule has 1 saturated heterocycles. The lowest BCUT2D eigenvalue weighted by molar-refractivity contribution is 0.146. The number of carbonyl (C=O) groups is 1. The van der Waals surface area contributed by atoms with Crippen LogP contribution in [0.2, 0.25) is 0 Å². The summed E-state index contributed by atoms with van der Waals surface area (Å²) >= 11 is 0. The average Bonchev–Trinajstić information content (AvgIpc) is 2.56. The summed E-state index contributed by atoms with van der Waals surface area (Å²) in [7, 11) is 4.02. The van der Waals surface area contributed by atoms with Crippen molar-refractivity contribution in [2.24, 2.45) is 0 Å². The maximum atomic E-state index is 12.3. The first-order valence-electron chi connectivity index (χ1n) is 8.66. The molecule has 1 fully saturated rings. The third-order valence-corrected chi connectivity index (χ3v) is 4.37. The molecule has 23 heavy (non-hydrogen) atoms. The molecule has 0 bridgehead atoms. The van der Waals surface area contributed by atoms with Gasteiger partial charge in [-0.05, 0) is 37.2 Å². The minimum Gasteiger partial charge on any atom is -0.378 e. The van der Waals surface area contributed by atoms with E-state index in [1.54, 1.807) is 0 Å². The molecule has 0 unspecified atom stereocenters. The second-order valence-electron chi connectivity index (χ2n) is 6.41. The molecule has 0 saturated carbocycles. The first kappa shape index (κ1) is 17.6. The Balaban J connectivity index is 1.76. The van der Waals surface area contributed by atoms with Gasteiger partial charge in [-0.2, -0.15) is 0 Å². The van der Waals surface area contributed by atoms with E-state index in [1.165, 1.54) is 19.3 Å². The molecule has 1 aromatic rings. The molecule has 1 aliphatic heterocycles. The summed E-state index contributed by atoms with van der Waals surface area (Å²) in [6, 6.07) is 7.95. The van der Waals surface area contributed by atoms with Crippen LogP contribution in [0.1, 0.15) is 26.2 Å². The fourth-order valence-corrected chi connectivity index (χ4v) is 2.81. The van der Waals surface area contributed by atoms with Gasteiger partial charge in [-0.3, -0.25) is 4.90 Å². The predicted octanol–water partition coefficient (Wildman–Crippen LogP) is 3.09. The Hall–Kier alpha value is -1.75. The van der Waals surface area contributed by atoms with Crippen LogP contribution in [0.25, 0.3) is 0 Å². The van der Waals surface area contributed by atoms with Gasteiger partial charge < -0.3 is 15.1 Å². The van der Waals surface area contributed by atoms with Gasteiger partial charge in [-0.15, -0.1) is 0 Å². The molecule has 1 aromatic carbocycles. The number of nitrogens with zero attached hydrogens (tertiary/aromatic N) is 3. The van der Waals surface area contributed by atoms with Gasteiger partial charge in [0.2, 0.25) is 0 Å². The molecular weight excluding hydrogens is 288 g/mol. The quantitative estimate of drug-likeness (QED) is 0.819. The number of benzene rings is 1. The van der Waals surface area contributed by atoms with Gasteiger partial charge in [0.1, 0.15) is 0 Å². The lowest BCUT2D eigenvalue weighted by Gasteiger charge is -2.34. The van der Waals surface area contributed by atoms with Gasteiger partial charge >= 0.3 is 6.03 Å². The number of hydrogen-bond donors (Lipinski definition) is 1. The highest BCUT2D eigenvalue weighted by Gasteiger charge is 2.20. The number of urea groups is 1. The minimum absolute atomic E-state index is 0.0100. The SMILES string of the molecule is CCCCCN1CCN(C(=O)Nc2ccc(N(C)C)cc2)CC1. The van der Waals surface area contributed by atoms with Gasteiger partial charge in [0.15, 0.2) is 0 Å². The number of unbranched alkanes of at least 4 members (excludes halogenated alkanes) is 2. The largest absolute Gasteiger partial charge is 0.378 e. The first-order chi connectivity index (χ1) is 11.1. The first-order valence-corrected chi connectivity index (χ1v) is 8.66. The highest BCUT2D eigenvalue weighted by molar-refractivity contribution is 5.89. The van der Waals surface area contributed by atoms with Crippen molar-refractivity contribution in [1.82, 2.24) is 9.80 Å². The van der Waals surface area contributed by atoms with Crippen molar-refractivity contribution >= 4 is 17.4 Å². The van der Waals surface area contributed by atoms with E-state index in [0.717, 1.165) is 44.1 Å². The number of rotatable bonds is 6. The van der Waals surface area contributed by atoms with E-state index in [4.69, 9.17) is 0 Å². The Bertz CT molecular complexity index is 478. The van der Waals surface area contributed by atoms with Crippen LogP contribution in [0.3, 0.4) is 0 Å². The summed E-state index contributed by atoms with van der Waals surface area (Å²) in [6.07, 6.45) is 3.82. The Morgan fingerprint density at radius 3 is 2.30 bits per heavy atom. The normalized spacial score (nSPS) is 15.5. The fourth-order valence-electron chi connectivity index (χ4n) is 2.81. The molecule has 0 aliphatic carbocycles. The summed E-state index contributed by atoms with van der Waals surface area (Å²) in [5.74, 6) is 0. The second-order valence-corrected chi connectivity index (χ2v) is 6.41. The zero-order chi connectivity index (χ0) is 16.7. The lowest BCUT2D eigenvalue weighted by Crippen LogP contribution is -2.50. The van der Waals surface area contributed by atoms with E-state index >= 15 is 0 Å². The maximum absolute atomic E-state index is 12.3. The van der Waals surface area contributed by atoms with E-state index in [9.17, 15) is 4.79 Å². The molecule has 2 rings (SSSR count). The Kier molecular flexibility index (Phi) is 6.71. The molecule has 5 nitrogen and oxygen atoms in total. The summed E-state index contributed by atoms with van der Waals surface area (Å²) in [5, 5.41) is 2.99. The number of hydrogen-bond acceptors (Lipinski definition) is 3. The van der Waals surface area contributed by atoms with Gasteiger partial charge in [0, 0.05) is 51.6 Å². The van der Waals surface area contributed by atoms with Crippen LogP contribution in [-0.4, -0.2) is 62.7 Å². The van der Waals surface area contributed by atoms with Gasteiger partial charge in [-0.25, -0.2) is 4.79 Å². The predicted molar refractivity (Wildman–Crippen MR) is 97.3 cm³/mol. The molecule has 5 heteroatoms. The second kappa shape index (κ2) is 8.77. The van der Waals surface area contributed by atoms with Crippen LogP contribution in [0.4, 0.5) is 16.2 Å².